The number of carboxylic acid groups (broad SMARTS) is 1. The molecular weight excluding hydrogens is 476 g/mol. The van der Waals surface area contributed by atoms with E-state index in [1.165, 1.54) is 32.5 Å². The van der Waals surface area contributed by atoms with Crippen LogP contribution in [0.1, 0.15) is 27.5 Å². The van der Waals surface area contributed by atoms with E-state index in [2.05, 4.69) is 21.2 Å². The zero-order valence-electron chi connectivity index (χ0n) is 18.8. The Morgan fingerprint density at radius 1 is 1.11 bits per heavy atom. The molecule has 3 aromatic rings. The van der Waals surface area contributed by atoms with Gasteiger partial charge in [0.15, 0.2) is 17.3 Å². The van der Waals surface area contributed by atoms with Gasteiger partial charge in [-0.05, 0) is 42.5 Å². The largest absolute Gasteiger partial charge is 0.493 e. The first-order valence-electron chi connectivity index (χ1n) is 10.1. The number of nitrogen functional groups attached to an aromatic ring is 1. The van der Waals surface area contributed by atoms with Gasteiger partial charge in [-0.2, -0.15) is 0 Å². The zero-order chi connectivity index (χ0) is 25.5. The fourth-order valence-electron chi connectivity index (χ4n) is 3.20. The van der Waals surface area contributed by atoms with Crippen LogP contribution in [0.5, 0.6) is 11.5 Å². The molecule has 0 aliphatic carbocycles. The summed E-state index contributed by atoms with van der Waals surface area (Å²) in [5.74, 6) is -1.33. The number of aromatic carboxylic acids is 1. The number of nitrogens with two attached hydrogens (primary N) is 1. The minimum Gasteiger partial charge on any atom is -0.493 e. The number of anilines is 2. The molecule has 182 valence electrons. The van der Waals surface area contributed by atoms with Crippen molar-refractivity contribution in [3.63, 3.8) is 0 Å². The Hall–Kier alpha value is -4.51. The molecule has 0 fully saturated rings. The van der Waals surface area contributed by atoms with Crippen LogP contribution in [-0.2, 0) is 4.79 Å². The number of nitrogens with one attached hydrogen (secondary N) is 4. The first-order valence-corrected chi connectivity index (χ1v) is 10.5. The minimum absolute atomic E-state index is 0.0451. The van der Waals surface area contributed by atoms with Crippen molar-refractivity contribution < 1.29 is 24.2 Å². The molecule has 0 spiro atoms. The molecule has 1 heterocycles. The lowest BCUT2D eigenvalue weighted by Crippen LogP contribution is -2.38. The number of pyridine rings is 1. The van der Waals surface area contributed by atoms with Crippen molar-refractivity contribution in [3.8, 4) is 11.5 Å². The number of rotatable bonds is 10. The van der Waals surface area contributed by atoms with Gasteiger partial charge in [0.2, 0.25) is 0 Å². The van der Waals surface area contributed by atoms with Gasteiger partial charge < -0.3 is 25.6 Å². The minimum atomic E-state index is -1.21. The molecule has 0 saturated carbocycles. The van der Waals surface area contributed by atoms with Gasteiger partial charge in [0, 0.05) is 23.0 Å². The smallest absolute Gasteiger partial charge is 0.339 e. The fraction of sp³-hybridized carbons (Fsp3) is 0.130. The average molecular weight is 499 g/mol. The summed E-state index contributed by atoms with van der Waals surface area (Å²) in [7, 11) is 2.89. The summed E-state index contributed by atoms with van der Waals surface area (Å²) in [5, 5.41) is 20.1. The fourth-order valence-corrected chi connectivity index (χ4v) is 3.54. The van der Waals surface area contributed by atoms with E-state index < -0.39 is 17.9 Å². The van der Waals surface area contributed by atoms with Crippen molar-refractivity contribution in [2.75, 3.05) is 25.0 Å². The van der Waals surface area contributed by atoms with Crippen LogP contribution in [-0.4, -0.2) is 42.0 Å². The van der Waals surface area contributed by atoms with Crippen LogP contribution in [0.2, 0.25) is 5.02 Å². The van der Waals surface area contributed by atoms with Crippen LogP contribution in [0.25, 0.3) is 0 Å². The molecule has 2 aromatic carbocycles. The highest BCUT2D eigenvalue weighted by Crippen LogP contribution is 2.40. The van der Waals surface area contributed by atoms with Gasteiger partial charge in [0.1, 0.15) is 17.4 Å². The molecule has 0 saturated heterocycles. The highest BCUT2D eigenvalue weighted by molar-refractivity contribution is 6.33. The first-order chi connectivity index (χ1) is 16.8. The van der Waals surface area contributed by atoms with E-state index in [1.807, 2.05) is 0 Å². The molecule has 0 aliphatic heterocycles. The summed E-state index contributed by atoms with van der Waals surface area (Å²) in [5.41, 5.74) is 11.8. The summed E-state index contributed by atoms with van der Waals surface area (Å²) < 4.78 is 10.6. The van der Waals surface area contributed by atoms with Crippen LogP contribution >= 0.6 is 11.6 Å². The van der Waals surface area contributed by atoms with Crippen LogP contribution < -0.4 is 31.4 Å². The molecule has 1 unspecified atom stereocenters. The topological polar surface area (TPSA) is 172 Å². The molecule has 1 aromatic heterocycles. The second-order valence-corrected chi connectivity index (χ2v) is 7.47. The highest BCUT2D eigenvalue weighted by Gasteiger charge is 2.27. The van der Waals surface area contributed by atoms with Crippen molar-refractivity contribution in [2.45, 2.75) is 6.04 Å². The Kier molecular flexibility index (Phi) is 7.95. The summed E-state index contributed by atoms with van der Waals surface area (Å²) in [6, 6.07) is 11.5. The highest BCUT2D eigenvalue weighted by atomic mass is 35.5. The molecule has 35 heavy (non-hydrogen) atoms. The van der Waals surface area contributed by atoms with Crippen molar-refractivity contribution >= 4 is 40.8 Å². The number of nitrogens with zero attached hydrogens (tertiary/aromatic N) is 1. The van der Waals surface area contributed by atoms with Gasteiger partial charge in [0.25, 0.3) is 5.91 Å². The molecular formula is C23H23ClN6O5. The Balaban J connectivity index is 1.96. The third-order valence-electron chi connectivity index (χ3n) is 4.94. The maximum Gasteiger partial charge on any atom is 0.339 e. The Morgan fingerprint density at radius 3 is 2.43 bits per heavy atom. The lowest BCUT2D eigenvalue weighted by molar-refractivity contribution is -0.121. The lowest BCUT2D eigenvalue weighted by atomic mass is 10.0. The van der Waals surface area contributed by atoms with E-state index in [0.29, 0.717) is 22.6 Å². The standard InChI is InChI=1S/C23H23ClN6O5/c1-34-16-10-9-14(17(24)19(16)35-2)18(28-13-7-5-12(6-8-13)20(25)26)22(31)30-29-21-15(23(32)33)4-3-11-27-21/h3-11,18,28H,1-2H3,(H3,25,26)(H,27,29)(H,30,31)(H,32,33). The van der Waals surface area contributed by atoms with Crippen LogP contribution in [0.4, 0.5) is 11.5 Å². The molecule has 11 nitrogen and oxygen atoms in total. The Morgan fingerprint density at radius 2 is 1.83 bits per heavy atom. The lowest BCUT2D eigenvalue weighted by Gasteiger charge is -2.23. The molecule has 0 radical (unpaired) electrons. The molecule has 1 atom stereocenters. The third kappa shape index (κ3) is 5.71. The van der Waals surface area contributed by atoms with E-state index in [-0.39, 0.29) is 28.0 Å². The average Bonchev–Trinajstić information content (AvgIpc) is 2.86. The second kappa shape index (κ2) is 11.1. The van der Waals surface area contributed by atoms with Crippen molar-refractivity contribution in [2.24, 2.45) is 5.73 Å². The van der Waals surface area contributed by atoms with Crippen molar-refractivity contribution in [1.29, 1.82) is 5.41 Å². The van der Waals surface area contributed by atoms with Gasteiger partial charge in [-0.25, -0.2) is 9.78 Å². The van der Waals surface area contributed by atoms with E-state index >= 15 is 0 Å². The van der Waals surface area contributed by atoms with E-state index in [1.54, 1.807) is 36.4 Å². The van der Waals surface area contributed by atoms with Gasteiger partial charge in [-0.3, -0.25) is 21.1 Å². The van der Waals surface area contributed by atoms with Gasteiger partial charge in [0.05, 0.1) is 19.2 Å². The predicted molar refractivity (Wildman–Crippen MR) is 131 cm³/mol. The van der Waals surface area contributed by atoms with Crippen molar-refractivity contribution in [3.05, 3.63) is 76.4 Å². The summed E-state index contributed by atoms with van der Waals surface area (Å²) in [4.78, 5) is 28.7. The molecule has 0 aliphatic rings. The Bertz CT molecular complexity index is 1250. The molecule has 12 heteroatoms. The number of amidine groups is 1. The summed E-state index contributed by atoms with van der Waals surface area (Å²) in [6.45, 7) is 0. The monoisotopic (exact) mass is 498 g/mol. The van der Waals surface area contributed by atoms with Crippen molar-refractivity contribution in [1.82, 2.24) is 10.4 Å². The second-order valence-electron chi connectivity index (χ2n) is 7.09. The number of benzene rings is 2. The summed E-state index contributed by atoms with van der Waals surface area (Å²) >= 11 is 6.57. The third-order valence-corrected chi connectivity index (χ3v) is 5.33. The number of amides is 1. The number of carbonyl (C=O) groups excluding carboxylic acids is 1. The van der Waals surface area contributed by atoms with E-state index in [4.69, 9.17) is 32.2 Å². The molecule has 0 bridgehead atoms. The zero-order valence-corrected chi connectivity index (χ0v) is 19.5. The number of halogens is 1. The number of methoxy groups -OCH3 is 2. The maximum absolute atomic E-state index is 13.3. The van der Waals surface area contributed by atoms with Gasteiger partial charge in [-0.1, -0.05) is 17.7 Å². The number of carboxylic acids is 1. The van der Waals surface area contributed by atoms with E-state index in [0.717, 1.165) is 0 Å². The number of hydrazine groups is 1. The number of hydrogen-bond acceptors (Lipinski definition) is 8. The first kappa shape index (κ1) is 25.1. The summed E-state index contributed by atoms with van der Waals surface area (Å²) in [6.07, 6.45) is 1.39. The quantitative estimate of drug-likeness (QED) is 0.139. The van der Waals surface area contributed by atoms with E-state index in [9.17, 15) is 14.7 Å². The number of carbonyl (C=O) groups is 2. The number of ether oxygens (including phenoxy) is 2. The molecule has 3 rings (SSSR count). The number of aromatic nitrogens is 1. The van der Waals surface area contributed by atoms with Crippen LogP contribution in [0.3, 0.4) is 0 Å². The predicted octanol–water partition coefficient (Wildman–Crippen LogP) is 3.03. The van der Waals surface area contributed by atoms with Gasteiger partial charge in [-0.15, -0.1) is 0 Å². The molecule has 1 amide bonds. The Labute approximate surface area is 205 Å². The SMILES string of the molecule is COc1ccc(C(Nc2ccc(C(=N)N)cc2)C(=O)NNc2ncccc2C(=O)O)c(Cl)c1OC. The van der Waals surface area contributed by atoms with Crippen LogP contribution in [0.15, 0.2) is 54.7 Å². The number of hydrogen-bond donors (Lipinski definition) is 6. The normalized spacial score (nSPS) is 11.2. The van der Waals surface area contributed by atoms with Gasteiger partial charge >= 0.3 is 5.97 Å². The molecule has 7 N–H and O–H groups in total. The van der Waals surface area contributed by atoms with Crippen LogP contribution in [0, 0.1) is 5.41 Å². The maximum atomic E-state index is 13.3.